The molecule has 2 unspecified atom stereocenters. The maximum Gasteiger partial charge on any atom is 0.242 e. The van der Waals surface area contributed by atoms with E-state index in [0.717, 1.165) is 56.2 Å². The van der Waals surface area contributed by atoms with E-state index in [0.29, 0.717) is 36.6 Å². The minimum absolute atomic E-state index is 0.139. The summed E-state index contributed by atoms with van der Waals surface area (Å²) in [7, 11) is 0. The largest absolute Gasteiger partial charge is 0.369 e. The minimum Gasteiger partial charge on any atom is -0.369 e. The quantitative estimate of drug-likeness (QED) is 0.554. The second-order valence-corrected chi connectivity index (χ2v) is 10.1. The number of piperidine rings is 1. The first kappa shape index (κ1) is 22.3. The number of benzene rings is 1. The van der Waals surface area contributed by atoms with E-state index in [9.17, 15) is 13.2 Å². The van der Waals surface area contributed by atoms with Gasteiger partial charge in [0.05, 0.1) is 17.6 Å². The fourth-order valence-corrected chi connectivity index (χ4v) is 6.13. The first-order valence-electron chi connectivity index (χ1n) is 12.4. The second-order valence-electron chi connectivity index (χ2n) is 10.1. The highest BCUT2D eigenvalue weighted by Gasteiger charge is 2.43. The molecule has 184 valence electrons. The van der Waals surface area contributed by atoms with E-state index in [1.165, 1.54) is 6.07 Å². The van der Waals surface area contributed by atoms with Gasteiger partial charge in [-0.25, -0.2) is 17.9 Å². The van der Waals surface area contributed by atoms with Crippen molar-refractivity contribution in [3.8, 4) is 0 Å². The van der Waals surface area contributed by atoms with Crippen LogP contribution in [0.15, 0.2) is 24.4 Å². The summed E-state index contributed by atoms with van der Waals surface area (Å²) in [6.07, 6.45) is 6.41. The Morgan fingerprint density at radius 2 is 1.80 bits per heavy atom. The molecule has 0 amide bonds. The molecule has 3 aromatic rings. The Morgan fingerprint density at radius 1 is 1.00 bits per heavy atom. The van der Waals surface area contributed by atoms with E-state index in [-0.39, 0.29) is 11.6 Å². The van der Waals surface area contributed by atoms with Crippen LogP contribution in [0.2, 0.25) is 0 Å². The van der Waals surface area contributed by atoms with E-state index in [2.05, 4.69) is 26.5 Å². The van der Waals surface area contributed by atoms with Gasteiger partial charge in [0.25, 0.3) is 0 Å². The maximum atomic E-state index is 14.7. The molecule has 10 heteroatoms. The molecule has 2 bridgehead atoms. The van der Waals surface area contributed by atoms with Gasteiger partial charge in [0.1, 0.15) is 5.82 Å². The van der Waals surface area contributed by atoms with Crippen LogP contribution in [0.25, 0.3) is 0 Å². The highest BCUT2D eigenvalue weighted by Crippen LogP contribution is 2.40. The van der Waals surface area contributed by atoms with Crippen LogP contribution in [-0.4, -0.2) is 44.1 Å². The first-order chi connectivity index (χ1) is 17.0. The average Bonchev–Trinajstić information content (AvgIpc) is 3.25. The Morgan fingerprint density at radius 3 is 2.57 bits per heavy atom. The third-order valence-corrected chi connectivity index (χ3v) is 7.82. The monoisotopic (exact) mass is 483 g/mol. The topological polar surface area (TPSA) is 71.8 Å². The molecule has 1 N–H and O–H groups in total. The number of aryl methyl sites for hydroxylation is 2. The van der Waals surface area contributed by atoms with E-state index < -0.39 is 23.4 Å². The Bertz CT molecular complexity index is 1230. The molecule has 4 heterocycles. The van der Waals surface area contributed by atoms with Gasteiger partial charge in [-0.15, -0.1) is 5.10 Å². The van der Waals surface area contributed by atoms with Gasteiger partial charge in [0.15, 0.2) is 17.5 Å². The summed E-state index contributed by atoms with van der Waals surface area (Å²) in [6, 6.07) is 4.66. The molecular formula is C25H28F3N7. The number of halogens is 3. The average molecular weight is 484 g/mol. The van der Waals surface area contributed by atoms with Crippen molar-refractivity contribution in [2.24, 2.45) is 11.8 Å². The molecule has 2 fully saturated rings. The minimum atomic E-state index is -1.43. The fraction of sp³-hybridized carbons (Fsp3) is 0.520. The van der Waals surface area contributed by atoms with Crippen molar-refractivity contribution >= 4 is 11.6 Å². The van der Waals surface area contributed by atoms with Crippen LogP contribution in [-0.2, 0) is 6.54 Å². The Balaban J connectivity index is 1.24. The van der Waals surface area contributed by atoms with E-state index in [1.807, 2.05) is 17.8 Å². The van der Waals surface area contributed by atoms with Crippen LogP contribution in [0.3, 0.4) is 0 Å². The molecule has 1 saturated carbocycles. The van der Waals surface area contributed by atoms with Gasteiger partial charge in [-0.1, -0.05) is 12.5 Å². The summed E-state index contributed by atoms with van der Waals surface area (Å²) < 4.78 is 44.0. The van der Waals surface area contributed by atoms with E-state index in [4.69, 9.17) is 10.1 Å². The lowest BCUT2D eigenvalue weighted by Gasteiger charge is -2.39. The maximum absolute atomic E-state index is 14.7. The molecular weight excluding hydrogens is 455 g/mol. The van der Waals surface area contributed by atoms with Crippen molar-refractivity contribution in [3.63, 3.8) is 0 Å². The number of nitrogens with zero attached hydrogens (tertiary/aromatic N) is 6. The van der Waals surface area contributed by atoms with Gasteiger partial charge in [0.2, 0.25) is 5.95 Å². The molecule has 4 atom stereocenters. The second kappa shape index (κ2) is 8.80. The van der Waals surface area contributed by atoms with Gasteiger partial charge in [-0.3, -0.25) is 0 Å². The third kappa shape index (κ3) is 4.02. The molecule has 35 heavy (non-hydrogen) atoms. The number of anilines is 2. The predicted molar refractivity (Wildman–Crippen MR) is 125 cm³/mol. The molecule has 7 nitrogen and oxygen atoms in total. The van der Waals surface area contributed by atoms with Crippen molar-refractivity contribution in [2.45, 2.75) is 57.5 Å². The number of aromatic nitrogens is 5. The lowest BCUT2D eigenvalue weighted by molar-refractivity contribution is 0.376. The SMILES string of the molecule is Cc1cc(N2C[C@H]3CC[C@@H](C2)C3Nc2nc3n(n2)CCCCC3c2ccc(F)c(F)c2F)cnn1. The first-order valence-corrected chi connectivity index (χ1v) is 12.4. The molecule has 0 spiro atoms. The van der Waals surface area contributed by atoms with Crippen molar-refractivity contribution in [1.82, 2.24) is 25.0 Å². The predicted octanol–water partition coefficient (Wildman–Crippen LogP) is 4.44. The number of fused-ring (bicyclic) bond motifs is 3. The number of nitrogens with one attached hydrogen (secondary N) is 1. The summed E-state index contributed by atoms with van der Waals surface area (Å²) >= 11 is 0. The third-order valence-electron chi connectivity index (χ3n) is 7.82. The zero-order valence-electron chi connectivity index (χ0n) is 19.6. The van der Waals surface area contributed by atoms with Crippen LogP contribution < -0.4 is 10.2 Å². The molecule has 1 aliphatic carbocycles. The van der Waals surface area contributed by atoms with Gasteiger partial charge in [0, 0.05) is 37.2 Å². The highest BCUT2D eigenvalue weighted by atomic mass is 19.2. The summed E-state index contributed by atoms with van der Waals surface area (Å²) in [6.45, 7) is 4.48. The number of hydrogen-bond donors (Lipinski definition) is 1. The van der Waals surface area contributed by atoms with Crippen molar-refractivity contribution < 1.29 is 13.2 Å². The van der Waals surface area contributed by atoms with Crippen molar-refractivity contribution in [2.75, 3.05) is 23.3 Å². The highest BCUT2D eigenvalue weighted by molar-refractivity contribution is 5.46. The normalized spacial score (nSPS) is 25.9. The van der Waals surface area contributed by atoms with E-state index >= 15 is 0 Å². The Kier molecular flexibility index (Phi) is 5.61. The standard InChI is InChI=1S/C25H28F3N7/c1-14-10-17(11-29-32-14)34-12-15-5-6-16(13-34)23(15)30-25-31-24-19(4-2-3-9-35(24)33-25)18-7-8-20(26)22(28)21(18)27/h7-8,10-11,15-16,19,23H,2-6,9,12-13H2,1H3,(H,30,33)/t15-,16+,19?,23?. The van der Waals surface area contributed by atoms with Crippen LogP contribution >= 0.6 is 0 Å². The molecule has 6 rings (SSSR count). The van der Waals surface area contributed by atoms with Gasteiger partial charge < -0.3 is 10.2 Å². The van der Waals surface area contributed by atoms with Gasteiger partial charge >= 0.3 is 0 Å². The molecule has 2 aliphatic heterocycles. The van der Waals surface area contributed by atoms with Crippen LogP contribution in [0.1, 0.15) is 55.1 Å². The molecule has 1 aromatic carbocycles. The van der Waals surface area contributed by atoms with Crippen molar-refractivity contribution in [3.05, 3.63) is 58.9 Å². The van der Waals surface area contributed by atoms with Crippen LogP contribution in [0.5, 0.6) is 0 Å². The van der Waals surface area contributed by atoms with Crippen LogP contribution in [0, 0.1) is 36.2 Å². The van der Waals surface area contributed by atoms with Gasteiger partial charge in [-0.2, -0.15) is 15.2 Å². The lowest BCUT2D eigenvalue weighted by Crippen LogP contribution is -2.48. The molecule has 1 saturated heterocycles. The molecule has 0 radical (unpaired) electrons. The zero-order valence-corrected chi connectivity index (χ0v) is 19.6. The van der Waals surface area contributed by atoms with Gasteiger partial charge in [-0.05, 0) is 56.6 Å². The zero-order chi connectivity index (χ0) is 24.1. The summed E-state index contributed by atoms with van der Waals surface area (Å²) in [5, 5.41) is 16.5. The lowest BCUT2D eigenvalue weighted by atomic mass is 9.92. The Hall–Kier alpha value is -3.17. The molecule has 3 aliphatic rings. The van der Waals surface area contributed by atoms with Crippen molar-refractivity contribution in [1.29, 1.82) is 0 Å². The smallest absolute Gasteiger partial charge is 0.242 e. The fourth-order valence-electron chi connectivity index (χ4n) is 6.13. The van der Waals surface area contributed by atoms with Crippen LogP contribution in [0.4, 0.5) is 24.8 Å². The summed E-state index contributed by atoms with van der Waals surface area (Å²) in [5.41, 5.74) is 2.16. The number of hydrogen-bond acceptors (Lipinski definition) is 6. The molecule has 2 aromatic heterocycles. The van der Waals surface area contributed by atoms with E-state index in [1.54, 1.807) is 0 Å². The Labute approximate surface area is 201 Å². The number of rotatable bonds is 4. The summed E-state index contributed by atoms with van der Waals surface area (Å²) in [4.78, 5) is 7.16. The summed E-state index contributed by atoms with van der Waals surface area (Å²) in [5.74, 6) is -2.16.